The maximum absolute atomic E-state index is 12.3. The third-order valence-corrected chi connectivity index (χ3v) is 5.32. The predicted octanol–water partition coefficient (Wildman–Crippen LogP) is 2.35. The fourth-order valence-electron chi connectivity index (χ4n) is 1.80. The van der Waals surface area contributed by atoms with Gasteiger partial charge in [-0.15, -0.1) is 0 Å². The molecule has 0 atom stereocenters. The van der Waals surface area contributed by atoms with Crippen molar-refractivity contribution in [1.82, 2.24) is 4.31 Å². The second kappa shape index (κ2) is 5.17. The van der Waals surface area contributed by atoms with Crippen molar-refractivity contribution in [1.29, 1.82) is 0 Å². The Bertz CT molecular complexity index is 586. The number of piperidine rings is 1. The summed E-state index contributed by atoms with van der Waals surface area (Å²) in [6.07, 6.45) is 0.993. The molecule has 0 unspecified atom stereocenters. The van der Waals surface area contributed by atoms with Crippen molar-refractivity contribution >= 4 is 39.0 Å². The molecule has 0 aliphatic carbocycles. The highest BCUT2D eigenvalue weighted by Crippen LogP contribution is 2.27. The minimum absolute atomic E-state index is 0.0617. The molecule has 1 aliphatic heterocycles. The van der Waals surface area contributed by atoms with Crippen LogP contribution in [-0.4, -0.2) is 31.6 Å². The standard InChI is InChI=1S/C11H11Cl2NO3S/c12-10-4-3-9(6-11(10)13)18(16,17)14-5-1-2-8(15)7-14/h3-4,6H,1-2,5,7H2. The van der Waals surface area contributed by atoms with Crippen molar-refractivity contribution < 1.29 is 13.2 Å². The summed E-state index contributed by atoms with van der Waals surface area (Å²) in [6.45, 7) is 0.289. The predicted molar refractivity (Wildman–Crippen MR) is 69.5 cm³/mol. The summed E-state index contributed by atoms with van der Waals surface area (Å²) in [5, 5.41) is 0.478. The summed E-state index contributed by atoms with van der Waals surface area (Å²) in [5.74, 6) is -0.0649. The molecule has 0 radical (unpaired) electrons. The second-order valence-electron chi connectivity index (χ2n) is 4.06. The minimum Gasteiger partial charge on any atom is -0.298 e. The van der Waals surface area contributed by atoms with Crippen LogP contribution >= 0.6 is 23.2 Å². The molecule has 7 heteroatoms. The number of hydrogen-bond donors (Lipinski definition) is 0. The van der Waals surface area contributed by atoms with Crippen LogP contribution in [0.2, 0.25) is 10.0 Å². The molecule has 18 heavy (non-hydrogen) atoms. The zero-order valence-electron chi connectivity index (χ0n) is 9.40. The van der Waals surface area contributed by atoms with Gasteiger partial charge in [0.05, 0.1) is 21.5 Å². The van der Waals surface area contributed by atoms with E-state index in [1.807, 2.05) is 0 Å². The van der Waals surface area contributed by atoms with Crippen LogP contribution in [0.5, 0.6) is 0 Å². The van der Waals surface area contributed by atoms with E-state index in [1.54, 1.807) is 0 Å². The normalized spacial score (nSPS) is 18.0. The van der Waals surface area contributed by atoms with Crippen LogP contribution in [0.4, 0.5) is 0 Å². The molecule has 1 heterocycles. The molecular formula is C11H11Cl2NO3S. The fraction of sp³-hybridized carbons (Fsp3) is 0.364. The number of carbonyl (C=O) groups is 1. The lowest BCUT2D eigenvalue weighted by molar-refractivity contribution is -0.120. The van der Waals surface area contributed by atoms with E-state index in [1.165, 1.54) is 22.5 Å². The molecule has 0 spiro atoms. The van der Waals surface area contributed by atoms with Gasteiger partial charge in [-0.2, -0.15) is 4.31 Å². The van der Waals surface area contributed by atoms with E-state index in [0.29, 0.717) is 24.4 Å². The van der Waals surface area contributed by atoms with Crippen molar-refractivity contribution in [3.8, 4) is 0 Å². The summed E-state index contributed by atoms with van der Waals surface area (Å²) in [4.78, 5) is 11.4. The topological polar surface area (TPSA) is 54.5 Å². The Labute approximate surface area is 116 Å². The van der Waals surface area contributed by atoms with E-state index in [4.69, 9.17) is 23.2 Å². The van der Waals surface area contributed by atoms with E-state index < -0.39 is 10.0 Å². The zero-order valence-corrected chi connectivity index (χ0v) is 11.7. The first-order valence-corrected chi connectivity index (χ1v) is 7.58. The van der Waals surface area contributed by atoms with Crippen molar-refractivity contribution in [2.24, 2.45) is 0 Å². The van der Waals surface area contributed by atoms with Gasteiger partial charge in [0, 0.05) is 13.0 Å². The summed E-state index contributed by atoms with van der Waals surface area (Å²) in [5.41, 5.74) is 0. The molecule has 0 aromatic heterocycles. The first-order chi connectivity index (χ1) is 8.41. The van der Waals surface area contributed by atoms with E-state index in [9.17, 15) is 13.2 Å². The maximum atomic E-state index is 12.3. The Morgan fingerprint density at radius 2 is 1.89 bits per heavy atom. The van der Waals surface area contributed by atoms with Crippen LogP contribution in [0.25, 0.3) is 0 Å². The molecule has 1 aromatic carbocycles. The van der Waals surface area contributed by atoms with Crippen molar-refractivity contribution in [2.45, 2.75) is 17.7 Å². The van der Waals surface area contributed by atoms with Gasteiger partial charge in [-0.3, -0.25) is 4.79 Å². The van der Waals surface area contributed by atoms with Gasteiger partial charge < -0.3 is 0 Å². The zero-order chi connectivity index (χ0) is 13.3. The summed E-state index contributed by atoms with van der Waals surface area (Å²) >= 11 is 11.6. The van der Waals surface area contributed by atoms with E-state index in [0.717, 1.165) is 0 Å². The van der Waals surface area contributed by atoms with Gasteiger partial charge in [-0.1, -0.05) is 23.2 Å². The SMILES string of the molecule is O=C1CCCN(S(=O)(=O)c2ccc(Cl)c(Cl)c2)C1. The molecule has 1 aromatic rings. The molecule has 0 bridgehead atoms. The molecule has 0 saturated carbocycles. The van der Waals surface area contributed by atoms with Crippen molar-refractivity contribution in [3.63, 3.8) is 0 Å². The summed E-state index contributed by atoms with van der Waals surface area (Å²) in [6, 6.07) is 4.13. The van der Waals surface area contributed by atoms with Crippen LogP contribution < -0.4 is 0 Å². The number of hydrogen-bond acceptors (Lipinski definition) is 3. The van der Waals surface area contributed by atoms with Gasteiger partial charge in [0.25, 0.3) is 0 Å². The highest BCUT2D eigenvalue weighted by atomic mass is 35.5. The summed E-state index contributed by atoms with van der Waals surface area (Å²) in [7, 11) is -3.66. The Morgan fingerprint density at radius 3 is 2.50 bits per heavy atom. The van der Waals surface area contributed by atoms with Crippen LogP contribution in [0, 0.1) is 0 Å². The highest BCUT2D eigenvalue weighted by molar-refractivity contribution is 7.89. The molecule has 1 fully saturated rings. The number of halogens is 2. The van der Waals surface area contributed by atoms with E-state index in [-0.39, 0.29) is 22.2 Å². The largest absolute Gasteiger partial charge is 0.298 e. The monoisotopic (exact) mass is 307 g/mol. The summed E-state index contributed by atoms with van der Waals surface area (Å²) < 4.78 is 25.7. The van der Waals surface area contributed by atoms with Gasteiger partial charge >= 0.3 is 0 Å². The van der Waals surface area contributed by atoms with E-state index >= 15 is 0 Å². The highest BCUT2D eigenvalue weighted by Gasteiger charge is 2.29. The number of sulfonamides is 1. The third-order valence-electron chi connectivity index (χ3n) is 2.74. The van der Waals surface area contributed by atoms with Gasteiger partial charge in [-0.05, 0) is 24.6 Å². The lowest BCUT2D eigenvalue weighted by Gasteiger charge is -2.25. The van der Waals surface area contributed by atoms with Crippen LogP contribution in [-0.2, 0) is 14.8 Å². The molecule has 1 aliphatic rings. The van der Waals surface area contributed by atoms with Crippen molar-refractivity contribution in [3.05, 3.63) is 28.2 Å². The molecule has 4 nitrogen and oxygen atoms in total. The number of carbonyl (C=O) groups excluding carboxylic acids is 1. The van der Waals surface area contributed by atoms with Gasteiger partial charge in [0.2, 0.25) is 10.0 Å². The Morgan fingerprint density at radius 1 is 1.17 bits per heavy atom. The molecular weight excluding hydrogens is 297 g/mol. The third kappa shape index (κ3) is 2.69. The first kappa shape index (κ1) is 13.8. The Balaban J connectivity index is 2.35. The van der Waals surface area contributed by atoms with E-state index in [2.05, 4.69) is 0 Å². The van der Waals surface area contributed by atoms with Gasteiger partial charge in [0.1, 0.15) is 5.78 Å². The minimum atomic E-state index is -3.66. The van der Waals surface area contributed by atoms with Gasteiger partial charge in [0.15, 0.2) is 0 Å². The first-order valence-electron chi connectivity index (χ1n) is 5.38. The Kier molecular flexibility index (Phi) is 3.96. The molecule has 98 valence electrons. The number of nitrogens with zero attached hydrogens (tertiary/aromatic N) is 1. The molecule has 1 saturated heterocycles. The van der Waals surface area contributed by atoms with Crippen molar-refractivity contribution in [2.75, 3.05) is 13.1 Å². The fourth-order valence-corrected chi connectivity index (χ4v) is 3.65. The lowest BCUT2D eigenvalue weighted by Crippen LogP contribution is -2.40. The smallest absolute Gasteiger partial charge is 0.243 e. The van der Waals surface area contributed by atoms with Crippen LogP contribution in [0.3, 0.4) is 0 Å². The maximum Gasteiger partial charge on any atom is 0.243 e. The number of Topliss-reactive ketones (excluding diaryl/α,β-unsaturated/α-hetero) is 1. The second-order valence-corrected chi connectivity index (χ2v) is 6.81. The lowest BCUT2D eigenvalue weighted by atomic mass is 10.1. The molecule has 0 amide bonds. The number of benzene rings is 1. The number of rotatable bonds is 2. The molecule has 0 N–H and O–H groups in total. The quantitative estimate of drug-likeness (QED) is 0.842. The van der Waals surface area contributed by atoms with Crippen LogP contribution in [0.15, 0.2) is 23.1 Å². The Hall–Kier alpha value is -0.620. The molecule has 2 rings (SSSR count). The average Bonchev–Trinajstić information content (AvgIpc) is 2.32. The van der Waals surface area contributed by atoms with Gasteiger partial charge in [-0.25, -0.2) is 8.42 Å². The average molecular weight is 308 g/mol. The number of ketones is 1. The van der Waals surface area contributed by atoms with Crippen LogP contribution in [0.1, 0.15) is 12.8 Å².